The Labute approximate surface area is 164 Å². The quantitative estimate of drug-likeness (QED) is 0.691. The molecule has 0 aromatic carbocycles. The van der Waals surface area contributed by atoms with Crippen molar-refractivity contribution in [3.8, 4) is 11.3 Å². The summed E-state index contributed by atoms with van der Waals surface area (Å²) < 4.78 is 1.78. The fourth-order valence-corrected chi connectivity index (χ4v) is 3.83. The van der Waals surface area contributed by atoms with E-state index in [-0.39, 0.29) is 0 Å². The normalized spacial score (nSPS) is 17.6. The van der Waals surface area contributed by atoms with Crippen LogP contribution in [0.4, 0.5) is 11.6 Å². The van der Waals surface area contributed by atoms with E-state index in [4.69, 9.17) is 4.98 Å². The van der Waals surface area contributed by atoms with E-state index in [1.807, 2.05) is 25.6 Å². The minimum atomic E-state index is 0.633. The summed E-state index contributed by atoms with van der Waals surface area (Å²) in [6, 6.07) is 2.18. The van der Waals surface area contributed by atoms with Crippen LogP contribution in [0.3, 0.4) is 0 Å². The SMILES string of the molecule is Cn1cc(-c2cncc(N3CCN(c4cc(C5CCC5)ncn4)CC3)n2)cn1. The first kappa shape index (κ1) is 17.1. The Bertz CT molecular complexity index is 956. The number of rotatable bonds is 4. The van der Waals surface area contributed by atoms with E-state index < -0.39 is 0 Å². The highest BCUT2D eigenvalue weighted by Crippen LogP contribution is 2.36. The van der Waals surface area contributed by atoms with Gasteiger partial charge in [-0.1, -0.05) is 6.42 Å². The molecule has 2 aliphatic rings. The van der Waals surface area contributed by atoms with Gasteiger partial charge in [0.25, 0.3) is 0 Å². The molecule has 1 aliphatic carbocycles. The van der Waals surface area contributed by atoms with Gasteiger partial charge in [-0.15, -0.1) is 0 Å². The standard InChI is InChI=1S/C20H24N8/c1-26-13-16(10-24-26)18-11-21-12-20(25-18)28-7-5-27(6-8-28)19-9-17(22-14-23-19)15-3-2-4-15/h9-15H,2-8H2,1H3. The zero-order chi connectivity index (χ0) is 18.9. The topological polar surface area (TPSA) is 75.9 Å². The van der Waals surface area contributed by atoms with Gasteiger partial charge < -0.3 is 9.80 Å². The van der Waals surface area contributed by atoms with Crippen molar-refractivity contribution in [2.45, 2.75) is 25.2 Å². The summed E-state index contributed by atoms with van der Waals surface area (Å²) in [7, 11) is 1.91. The number of aromatic nitrogens is 6. The number of hydrogen-bond acceptors (Lipinski definition) is 7. The summed E-state index contributed by atoms with van der Waals surface area (Å²) in [5, 5.41) is 4.22. The molecular formula is C20H24N8. The van der Waals surface area contributed by atoms with Gasteiger partial charge in [0.1, 0.15) is 18.0 Å². The predicted octanol–water partition coefficient (Wildman–Crippen LogP) is 2.26. The molecular weight excluding hydrogens is 352 g/mol. The lowest BCUT2D eigenvalue weighted by Gasteiger charge is -2.36. The summed E-state index contributed by atoms with van der Waals surface area (Å²) in [4.78, 5) is 22.8. The average molecular weight is 376 g/mol. The third kappa shape index (κ3) is 3.30. The Morgan fingerprint density at radius 3 is 2.39 bits per heavy atom. The smallest absolute Gasteiger partial charge is 0.147 e. The van der Waals surface area contributed by atoms with Gasteiger partial charge in [0.15, 0.2) is 0 Å². The van der Waals surface area contributed by atoms with Crippen molar-refractivity contribution >= 4 is 11.6 Å². The van der Waals surface area contributed by atoms with Gasteiger partial charge in [-0.2, -0.15) is 5.10 Å². The highest BCUT2D eigenvalue weighted by Gasteiger charge is 2.24. The Hall–Kier alpha value is -3.03. The lowest BCUT2D eigenvalue weighted by molar-refractivity contribution is 0.410. The van der Waals surface area contributed by atoms with Crippen molar-refractivity contribution in [2.24, 2.45) is 7.05 Å². The van der Waals surface area contributed by atoms with Crippen molar-refractivity contribution in [1.82, 2.24) is 29.7 Å². The summed E-state index contributed by atoms with van der Waals surface area (Å²) in [5.74, 6) is 2.60. The maximum atomic E-state index is 4.80. The van der Waals surface area contributed by atoms with Crippen molar-refractivity contribution in [1.29, 1.82) is 0 Å². The van der Waals surface area contributed by atoms with Crippen LogP contribution in [0, 0.1) is 0 Å². The lowest BCUT2D eigenvalue weighted by atomic mass is 9.83. The second-order valence-electron chi connectivity index (χ2n) is 7.57. The molecule has 0 radical (unpaired) electrons. The number of hydrogen-bond donors (Lipinski definition) is 0. The first-order valence-electron chi connectivity index (χ1n) is 9.89. The van der Waals surface area contributed by atoms with Crippen LogP contribution in [0.25, 0.3) is 11.3 Å². The molecule has 4 heterocycles. The van der Waals surface area contributed by atoms with E-state index in [1.54, 1.807) is 17.2 Å². The van der Waals surface area contributed by atoms with E-state index in [2.05, 4.69) is 35.9 Å². The van der Waals surface area contributed by atoms with Gasteiger partial charge in [0, 0.05) is 62.7 Å². The molecule has 3 aromatic rings. The third-order valence-corrected chi connectivity index (χ3v) is 5.75. The molecule has 5 rings (SSSR count). The van der Waals surface area contributed by atoms with Crippen molar-refractivity contribution in [2.75, 3.05) is 36.0 Å². The molecule has 8 heteroatoms. The van der Waals surface area contributed by atoms with Crippen LogP contribution in [0.1, 0.15) is 30.9 Å². The monoisotopic (exact) mass is 376 g/mol. The van der Waals surface area contributed by atoms with E-state index in [0.29, 0.717) is 5.92 Å². The molecule has 0 N–H and O–H groups in total. The molecule has 0 bridgehead atoms. The van der Waals surface area contributed by atoms with Gasteiger partial charge >= 0.3 is 0 Å². The Balaban J connectivity index is 1.27. The molecule has 3 aromatic heterocycles. The molecule has 28 heavy (non-hydrogen) atoms. The molecule has 0 unspecified atom stereocenters. The third-order valence-electron chi connectivity index (χ3n) is 5.75. The maximum Gasteiger partial charge on any atom is 0.147 e. The molecule has 1 saturated carbocycles. The van der Waals surface area contributed by atoms with Crippen molar-refractivity contribution < 1.29 is 0 Å². The van der Waals surface area contributed by atoms with Gasteiger partial charge in [-0.25, -0.2) is 15.0 Å². The van der Waals surface area contributed by atoms with Gasteiger partial charge in [0.2, 0.25) is 0 Å². The van der Waals surface area contributed by atoms with Crippen LogP contribution >= 0.6 is 0 Å². The van der Waals surface area contributed by atoms with Gasteiger partial charge in [-0.3, -0.25) is 9.67 Å². The Kier molecular flexibility index (Phi) is 4.38. The minimum absolute atomic E-state index is 0.633. The number of nitrogens with zero attached hydrogens (tertiary/aromatic N) is 8. The Morgan fingerprint density at radius 2 is 1.71 bits per heavy atom. The molecule has 0 amide bonds. The molecule has 1 aliphatic heterocycles. The summed E-state index contributed by atoms with van der Waals surface area (Å²) in [6.07, 6.45) is 13.0. The number of piperazine rings is 1. The minimum Gasteiger partial charge on any atom is -0.353 e. The van der Waals surface area contributed by atoms with Crippen LogP contribution in [-0.4, -0.2) is 55.9 Å². The second-order valence-corrected chi connectivity index (χ2v) is 7.57. The summed E-state index contributed by atoms with van der Waals surface area (Å²) >= 11 is 0. The second kappa shape index (κ2) is 7.18. The molecule has 0 spiro atoms. The number of anilines is 2. The van der Waals surface area contributed by atoms with Gasteiger partial charge in [0.05, 0.1) is 24.3 Å². The van der Waals surface area contributed by atoms with E-state index in [1.165, 1.54) is 25.0 Å². The number of aryl methyl sites for hydroxylation is 1. The molecule has 0 atom stereocenters. The van der Waals surface area contributed by atoms with Crippen LogP contribution < -0.4 is 9.80 Å². The van der Waals surface area contributed by atoms with Crippen LogP contribution in [0.15, 0.2) is 37.2 Å². The van der Waals surface area contributed by atoms with Crippen LogP contribution in [-0.2, 0) is 7.05 Å². The Morgan fingerprint density at radius 1 is 0.929 bits per heavy atom. The fraction of sp³-hybridized carbons (Fsp3) is 0.450. The predicted molar refractivity (Wildman–Crippen MR) is 107 cm³/mol. The molecule has 8 nitrogen and oxygen atoms in total. The average Bonchev–Trinajstić information content (AvgIpc) is 3.14. The van der Waals surface area contributed by atoms with E-state index >= 15 is 0 Å². The van der Waals surface area contributed by atoms with Crippen LogP contribution in [0.5, 0.6) is 0 Å². The zero-order valence-corrected chi connectivity index (χ0v) is 16.1. The molecule has 2 fully saturated rings. The first-order valence-corrected chi connectivity index (χ1v) is 9.89. The molecule has 1 saturated heterocycles. The summed E-state index contributed by atoms with van der Waals surface area (Å²) in [5.41, 5.74) is 3.04. The van der Waals surface area contributed by atoms with E-state index in [9.17, 15) is 0 Å². The fourth-order valence-electron chi connectivity index (χ4n) is 3.83. The lowest BCUT2D eigenvalue weighted by Crippen LogP contribution is -2.47. The highest BCUT2D eigenvalue weighted by molar-refractivity contribution is 5.58. The van der Waals surface area contributed by atoms with Crippen LogP contribution in [0.2, 0.25) is 0 Å². The van der Waals surface area contributed by atoms with Gasteiger partial charge in [-0.05, 0) is 12.8 Å². The summed E-state index contributed by atoms with van der Waals surface area (Å²) in [6.45, 7) is 3.63. The maximum absolute atomic E-state index is 4.80. The largest absolute Gasteiger partial charge is 0.353 e. The van der Waals surface area contributed by atoms with E-state index in [0.717, 1.165) is 49.1 Å². The zero-order valence-electron chi connectivity index (χ0n) is 16.1. The van der Waals surface area contributed by atoms with Crippen molar-refractivity contribution in [3.05, 3.63) is 42.9 Å². The van der Waals surface area contributed by atoms with Crippen molar-refractivity contribution in [3.63, 3.8) is 0 Å². The highest BCUT2D eigenvalue weighted by atomic mass is 15.3. The first-order chi connectivity index (χ1) is 13.8. The molecule has 144 valence electrons.